The van der Waals surface area contributed by atoms with Crippen LogP contribution in [0.15, 0.2) is 18.2 Å². The van der Waals surface area contributed by atoms with Gasteiger partial charge in [-0.3, -0.25) is 0 Å². The lowest BCUT2D eigenvalue weighted by Gasteiger charge is -2.17. The number of nitrogens with zero attached hydrogens (tertiary/aromatic N) is 1. The number of halogens is 2. The SMILES string of the molecule is COCCNC(c1nc(C)c(C)s1)c1ccc(F)cc1F. The number of rotatable bonds is 6. The van der Waals surface area contributed by atoms with Crippen LogP contribution in [0.3, 0.4) is 0 Å². The van der Waals surface area contributed by atoms with Crippen LogP contribution in [0.25, 0.3) is 0 Å². The summed E-state index contributed by atoms with van der Waals surface area (Å²) in [6.07, 6.45) is 0. The number of hydrogen-bond donors (Lipinski definition) is 1. The Morgan fingerprint density at radius 2 is 2.10 bits per heavy atom. The molecule has 0 aliphatic heterocycles. The highest BCUT2D eigenvalue weighted by atomic mass is 32.1. The van der Waals surface area contributed by atoms with Gasteiger partial charge in [0.2, 0.25) is 0 Å². The van der Waals surface area contributed by atoms with Gasteiger partial charge in [-0.25, -0.2) is 13.8 Å². The molecule has 114 valence electrons. The third-order valence-corrected chi connectivity index (χ3v) is 4.36. The number of thiazole rings is 1. The molecule has 2 rings (SSSR count). The fraction of sp³-hybridized carbons (Fsp3) is 0.400. The van der Waals surface area contributed by atoms with Gasteiger partial charge >= 0.3 is 0 Å². The average molecular weight is 312 g/mol. The average Bonchev–Trinajstić information content (AvgIpc) is 2.76. The molecule has 1 heterocycles. The molecule has 0 aliphatic rings. The van der Waals surface area contributed by atoms with Crippen molar-refractivity contribution < 1.29 is 13.5 Å². The van der Waals surface area contributed by atoms with E-state index < -0.39 is 17.7 Å². The van der Waals surface area contributed by atoms with Crippen molar-refractivity contribution in [2.75, 3.05) is 20.3 Å². The van der Waals surface area contributed by atoms with Gasteiger partial charge < -0.3 is 10.1 Å². The van der Waals surface area contributed by atoms with Crippen molar-refractivity contribution in [3.05, 3.63) is 51.0 Å². The van der Waals surface area contributed by atoms with Crippen molar-refractivity contribution in [1.29, 1.82) is 0 Å². The van der Waals surface area contributed by atoms with Crippen molar-refractivity contribution in [3.63, 3.8) is 0 Å². The van der Waals surface area contributed by atoms with Gasteiger partial charge in [-0.1, -0.05) is 6.07 Å². The molecule has 1 unspecified atom stereocenters. The van der Waals surface area contributed by atoms with Gasteiger partial charge in [-0.05, 0) is 19.9 Å². The van der Waals surface area contributed by atoms with E-state index in [0.29, 0.717) is 18.7 Å². The Balaban J connectivity index is 2.35. The van der Waals surface area contributed by atoms with Gasteiger partial charge in [-0.15, -0.1) is 11.3 Å². The maximum Gasteiger partial charge on any atom is 0.131 e. The summed E-state index contributed by atoms with van der Waals surface area (Å²) in [5.74, 6) is -1.16. The van der Waals surface area contributed by atoms with E-state index in [1.54, 1.807) is 7.11 Å². The zero-order chi connectivity index (χ0) is 15.4. The van der Waals surface area contributed by atoms with Crippen LogP contribution in [0.1, 0.15) is 27.2 Å². The minimum Gasteiger partial charge on any atom is -0.383 e. The molecule has 0 radical (unpaired) electrons. The van der Waals surface area contributed by atoms with E-state index in [1.165, 1.54) is 23.5 Å². The zero-order valence-corrected chi connectivity index (χ0v) is 13.1. The summed E-state index contributed by atoms with van der Waals surface area (Å²) in [5.41, 5.74) is 1.32. The Morgan fingerprint density at radius 3 is 2.67 bits per heavy atom. The molecule has 0 amide bonds. The quantitative estimate of drug-likeness (QED) is 0.831. The highest BCUT2D eigenvalue weighted by molar-refractivity contribution is 7.11. The summed E-state index contributed by atoms with van der Waals surface area (Å²) in [7, 11) is 1.60. The molecular formula is C15H18F2N2OS. The minimum atomic E-state index is -0.585. The van der Waals surface area contributed by atoms with Crippen LogP contribution in [-0.4, -0.2) is 25.2 Å². The first kappa shape index (κ1) is 16.0. The van der Waals surface area contributed by atoms with Crippen LogP contribution in [0.4, 0.5) is 8.78 Å². The summed E-state index contributed by atoms with van der Waals surface area (Å²) in [4.78, 5) is 5.57. The van der Waals surface area contributed by atoms with Gasteiger partial charge in [0.25, 0.3) is 0 Å². The molecule has 0 saturated carbocycles. The predicted octanol–water partition coefficient (Wildman–Crippen LogP) is 3.36. The van der Waals surface area contributed by atoms with Gasteiger partial charge in [0.15, 0.2) is 0 Å². The topological polar surface area (TPSA) is 34.1 Å². The van der Waals surface area contributed by atoms with E-state index in [9.17, 15) is 8.78 Å². The molecule has 1 N–H and O–H groups in total. The Hall–Kier alpha value is -1.37. The maximum atomic E-state index is 14.1. The van der Waals surface area contributed by atoms with E-state index in [1.807, 2.05) is 13.8 Å². The summed E-state index contributed by atoms with van der Waals surface area (Å²) >= 11 is 1.51. The molecule has 0 aliphatic carbocycles. The standard InChI is InChI=1S/C15H18F2N2OS/c1-9-10(2)21-15(19-9)14(18-6-7-20-3)12-5-4-11(16)8-13(12)17/h4-5,8,14,18H,6-7H2,1-3H3. The number of ether oxygens (including phenoxy) is 1. The molecule has 1 aromatic heterocycles. The second-order valence-electron chi connectivity index (χ2n) is 4.74. The number of benzene rings is 1. The third kappa shape index (κ3) is 3.84. The molecule has 3 nitrogen and oxygen atoms in total. The normalized spacial score (nSPS) is 12.6. The lowest BCUT2D eigenvalue weighted by atomic mass is 10.1. The second kappa shape index (κ2) is 7.06. The van der Waals surface area contributed by atoms with Crippen LogP contribution in [-0.2, 0) is 4.74 Å². The van der Waals surface area contributed by atoms with Crippen molar-refractivity contribution in [2.24, 2.45) is 0 Å². The molecule has 6 heteroatoms. The Bertz CT molecular complexity index is 596. The second-order valence-corrected chi connectivity index (χ2v) is 5.97. The first-order chi connectivity index (χ1) is 10.0. The fourth-order valence-electron chi connectivity index (χ4n) is 1.99. The Labute approximate surface area is 127 Å². The van der Waals surface area contributed by atoms with Gasteiger partial charge in [0, 0.05) is 30.2 Å². The molecule has 21 heavy (non-hydrogen) atoms. The van der Waals surface area contributed by atoms with Gasteiger partial charge in [0.1, 0.15) is 16.6 Å². The summed E-state index contributed by atoms with van der Waals surface area (Å²) in [5, 5.41) is 3.98. The predicted molar refractivity (Wildman–Crippen MR) is 79.7 cm³/mol. The van der Waals surface area contributed by atoms with Crippen LogP contribution in [0.2, 0.25) is 0 Å². The van der Waals surface area contributed by atoms with E-state index in [2.05, 4.69) is 10.3 Å². The van der Waals surface area contributed by atoms with Crippen LogP contribution >= 0.6 is 11.3 Å². The maximum absolute atomic E-state index is 14.1. The molecule has 1 atom stereocenters. The van der Waals surface area contributed by atoms with E-state index in [4.69, 9.17) is 4.74 Å². The van der Waals surface area contributed by atoms with E-state index in [0.717, 1.165) is 21.6 Å². The van der Waals surface area contributed by atoms with E-state index in [-0.39, 0.29) is 0 Å². The van der Waals surface area contributed by atoms with E-state index >= 15 is 0 Å². The third-order valence-electron chi connectivity index (χ3n) is 3.22. The Kier molecular flexibility index (Phi) is 5.39. The van der Waals surface area contributed by atoms with Crippen LogP contribution in [0, 0.1) is 25.5 Å². The molecule has 2 aromatic rings. The largest absolute Gasteiger partial charge is 0.383 e. The van der Waals surface area contributed by atoms with Crippen molar-refractivity contribution >= 4 is 11.3 Å². The van der Waals surface area contributed by atoms with Crippen LogP contribution in [0.5, 0.6) is 0 Å². The monoisotopic (exact) mass is 312 g/mol. The van der Waals surface area contributed by atoms with Crippen molar-refractivity contribution in [3.8, 4) is 0 Å². The Morgan fingerprint density at radius 1 is 1.33 bits per heavy atom. The lowest BCUT2D eigenvalue weighted by Crippen LogP contribution is -2.26. The molecular weight excluding hydrogens is 294 g/mol. The molecule has 0 fully saturated rings. The summed E-state index contributed by atoms with van der Waals surface area (Å²) in [6, 6.07) is 3.21. The first-order valence-corrected chi connectivity index (χ1v) is 7.45. The van der Waals surface area contributed by atoms with Crippen molar-refractivity contribution in [2.45, 2.75) is 19.9 Å². The number of nitrogens with one attached hydrogen (secondary N) is 1. The highest BCUT2D eigenvalue weighted by Crippen LogP contribution is 2.29. The summed E-state index contributed by atoms with van der Waals surface area (Å²) in [6.45, 7) is 4.95. The summed E-state index contributed by atoms with van der Waals surface area (Å²) < 4.78 is 32.2. The number of aryl methyl sites for hydroxylation is 2. The number of aromatic nitrogens is 1. The first-order valence-electron chi connectivity index (χ1n) is 6.64. The molecule has 0 saturated heterocycles. The fourth-order valence-corrected chi connectivity index (χ4v) is 3.01. The number of hydrogen-bond acceptors (Lipinski definition) is 4. The smallest absolute Gasteiger partial charge is 0.131 e. The molecule has 1 aromatic carbocycles. The lowest BCUT2D eigenvalue weighted by molar-refractivity contribution is 0.197. The van der Waals surface area contributed by atoms with Gasteiger partial charge in [0.05, 0.1) is 18.3 Å². The highest BCUT2D eigenvalue weighted by Gasteiger charge is 2.21. The number of methoxy groups -OCH3 is 1. The van der Waals surface area contributed by atoms with Crippen LogP contribution < -0.4 is 5.32 Å². The minimum absolute atomic E-state index is 0.390. The van der Waals surface area contributed by atoms with Crippen molar-refractivity contribution in [1.82, 2.24) is 10.3 Å². The molecule has 0 bridgehead atoms. The zero-order valence-electron chi connectivity index (χ0n) is 12.2. The van der Waals surface area contributed by atoms with Gasteiger partial charge in [-0.2, -0.15) is 0 Å². The molecule has 0 spiro atoms.